The van der Waals surface area contributed by atoms with Crippen LogP contribution in [0.15, 0.2) is 95.0 Å². The standard InChI is InChI=1S/C37H34Cl2N4O4S2/c1-2-48(44,45)26-11-7-25(8-12-26)29-20-41-35-31(33(29)39)37(17-5-6-18-37)22-43(35)23-49(46,47)27-13-9-24(10-14-27)28-19-40-34-30(32(28)38)36(21-42-34)15-3-4-16-36/h3-14,19-20H,2,15-18,21-23H2,1H3,(H,40,42). The number of hydrogen-bond donors (Lipinski definition) is 1. The predicted molar refractivity (Wildman–Crippen MR) is 195 cm³/mol. The van der Waals surface area contributed by atoms with E-state index in [1.807, 2.05) is 4.90 Å². The molecule has 4 heterocycles. The Kier molecular flexibility index (Phi) is 7.75. The zero-order valence-electron chi connectivity index (χ0n) is 26.8. The number of nitrogens with one attached hydrogen (secondary N) is 1. The minimum atomic E-state index is -3.77. The molecule has 2 aliphatic heterocycles. The largest absolute Gasteiger partial charge is 0.369 e. The van der Waals surface area contributed by atoms with Gasteiger partial charge in [-0.3, -0.25) is 0 Å². The Morgan fingerprint density at radius 2 is 1.22 bits per heavy atom. The normalized spacial score (nSPS) is 18.4. The summed E-state index contributed by atoms with van der Waals surface area (Å²) in [6.07, 6.45) is 15.2. The lowest BCUT2D eigenvalue weighted by Gasteiger charge is -2.26. The average Bonchev–Trinajstić information content (AvgIpc) is 3.90. The summed E-state index contributed by atoms with van der Waals surface area (Å²) in [7, 11) is -7.11. The molecule has 252 valence electrons. The minimum absolute atomic E-state index is 0.0168. The summed E-state index contributed by atoms with van der Waals surface area (Å²) in [6.45, 7) is 2.86. The number of halogens is 2. The Morgan fingerprint density at radius 1 is 0.714 bits per heavy atom. The summed E-state index contributed by atoms with van der Waals surface area (Å²) in [4.78, 5) is 11.7. The van der Waals surface area contributed by atoms with Crippen LogP contribution >= 0.6 is 23.2 Å². The first-order valence-electron chi connectivity index (χ1n) is 16.3. The highest BCUT2D eigenvalue weighted by Crippen LogP contribution is 2.53. The fourth-order valence-corrected chi connectivity index (χ4v) is 11.0. The van der Waals surface area contributed by atoms with Crippen LogP contribution in [0, 0.1) is 0 Å². The number of aromatic nitrogens is 2. The van der Waals surface area contributed by atoms with E-state index >= 15 is 0 Å². The van der Waals surface area contributed by atoms with Crippen LogP contribution in [0.5, 0.6) is 0 Å². The lowest BCUT2D eigenvalue weighted by Crippen LogP contribution is -2.35. The lowest BCUT2D eigenvalue weighted by atomic mass is 9.80. The van der Waals surface area contributed by atoms with Crippen LogP contribution in [0.2, 0.25) is 10.0 Å². The molecule has 0 amide bonds. The van der Waals surface area contributed by atoms with Crippen molar-refractivity contribution in [3.8, 4) is 22.3 Å². The highest BCUT2D eigenvalue weighted by molar-refractivity contribution is 7.91. The Labute approximate surface area is 296 Å². The van der Waals surface area contributed by atoms with Crippen LogP contribution in [0.25, 0.3) is 22.3 Å². The molecule has 4 aromatic rings. The van der Waals surface area contributed by atoms with Gasteiger partial charge in [-0.15, -0.1) is 0 Å². The fraction of sp³-hybridized carbons (Fsp3) is 0.297. The van der Waals surface area contributed by atoms with Crippen LogP contribution in [0.3, 0.4) is 0 Å². The van der Waals surface area contributed by atoms with E-state index < -0.39 is 25.1 Å². The second-order valence-electron chi connectivity index (χ2n) is 13.5. The summed E-state index contributed by atoms with van der Waals surface area (Å²) >= 11 is 14.2. The van der Waals surface area contributed by atoms with Crippen LogP contribution in [-0.2, 0) is 30.5 Å². The zero-order valence-corrected chi connectivity index (χ0v) is 29.9. The summed E-state index contributed by atoms with van der Waals surface area (Å²) in [5, 5.41) is 4.57. The van der Waals surface area contributed by atoms with Crippen molar-refractivity contribution in [1.29, 1.82) is 0 Å². The molecule has 4 aliphatic rings. The maximum Gasteiger partial charge on any atom is 0.196 e. The number of fused-ring (bicyclic) bond motifs is 4. The number of rotatable bonds is 7. The molecule has 0 saturated heterocycles. The molecular weight excluding hydrogens is 699 g/mol. The van der Waals surface area contributed by atoms with Gasteiger partial charge >= 0.3 is 0 Å². The van der Waals surface area contributed by atoms with E-state index in [4.69, 9.17) is 28.2 Å². The third-order valence-electron chi connectivity index (χ3n) is 10.6. The van der Waals surface area contributed by atoms with Crippen LogP contribution < -0.4 is 10.2 Å². The third kappa shape index (κ3) is 5.21. The summed E-state index contributed by atoms with van der Waals surface area (Å²) in [5.41, 5.74) is 4.38. The molecule has 49 heavy (non-hydrogen) atoms. The van der Waals surface area contributed by atoms with Gasteiger partial charge in [0.1, 0.15) is 17.5 Å². The van der Waals surface area contributed by atoms with Gasteiger partial charge in [0.25, 0.3) is 0 Å². The van der Waals surface area contributed by atoms with Crippen molar-refractivity contribution in [2.45, 2.75) is 53.2 Å². The zero-order chi connectivity index (χ0) is 34.2. The van der Waals surface area contributed by atoms with Crippen molar-refractivity contribution in [2.24, 2.45) is 0 Å². The third-order valence-corrected chi connectivity index (χ3v) is 14.8. The minimum Gasteiger partial charge on any atom is -0.369 e. The average molecular weight is 734 g/mol. The molecule has 2 spiro atoms. The quantitative estimate of drug-likeness (QED) is 0.192. The number of sulfone groups is 2. The molecule has 1 N–H and O–H groups in total. The second-order valence-corrected chi connectivity index (χ2v) is 18.5. The van der Waals surface area contributed by atoms with Crippen molar-refractivity contribution in [2.75, 3.05) is 34.9 Å². The first-order chi connectivity index (χ1) is 23.5. The molecule has 12 heteroatoms. The van der Waals surface area contributed by atoms with Crippen molar-refractivity contribution in [1.82, 2.24) is 9.97 Å². The fourth-order valence-electron chi connectivity index (χ4n) is 7.88. The number of benzene rings is 2. The van der Waals surface area contributed by atoms with Crippen molar-refractivity contribution in [3.05, 3.63) is 106 Å². The van der Waals surface area contributed by atoms with Crippen molar-refractivity contribution < 1.29 is 16.8 Å². The van der Waals surface area contributed by atoms with Crippen LogP contribution in [0.1, 0.15) is 43.7 Å². The molecule has 0 unspecified atom stereocenters. The summed E-state index contributed by atoms with van der Waals surface area (Å²) in [6, 6.07) is 13.5. The molecule has 8 rings (SSSR count). The van der Waals surface area contributed by atoms with E-state index in [0.29, 0.717) is 40.8 Å². The molecule has 0 saturated carbocycles. The van der Waals surface area contributed by atoms with Crippen LogP contribution in [0.4, 0.5) is 11.6 Å². The van der Waals surface area contributed by atoms with E-state index in [-0.39, 0.29) is 26.8 Å². The van der Waals surface area contributed by atoms with Gasteiger partial charge in [-0.25, -0.2) is 26.8 Å². The van der Waals surface area contributed by atoms with Crippen molar-refractivity contribution >= 4 is 54.5 Å². The smallest absolute Gasteiger partial charge is 0.196 e. The SMILES string of the molecule is CCS(=O)(=O)c1ccc(-c2cnc3c(c2Cl)C2(CC=CC2)CN3CS(=O)(=O)c2ccc(-c3cnc4c(c3Cl)C3(CC=CC3)CN4)cc2)cc1. The number of anilines is 2. The van der Waals surface area contributed by atoms with Crippen molar-refractivity contribution in [3.63, 3.8) is 0 Å². The van der Waals surface area contributed by atoms with Crippen LogP contribution in [-0.4, -0.2) is 51.5 Å². The molecule has 2 aromatic carbocycles. The van der Waals surface area contributed by atoms with E-state index in [9.17, 15) is 16.8 Å². The van der Waals surface area contributed by atoms with Gasteiger partial charge in [-0.05, 0) is 61.1 Å². The molecule has 2 aliphatic carbocycles. The predicted octanol–water partition coefficient (Wildman–Crippen LogP) is 7.76. The topological polar surface area (TPSA) is 109 Å². The Morgan fingerprint density at radius 3 is 1.80 bits per heavy atom. The first kappa shape index (κ1) is 32.5. The molecule has 0 atom stereocenters. The van der Waals surface area contributed by atoms with E-state index in [2.05, 4.69) is 34.6 Å². The Hall–Kier alpha value is -3.70. The summed E-state index contributed by atoms with van der Waals surface area (Å²) < 4.78 is 52.6. The molecule has 0 bridgehead atoms. The van der Waals surface area contributed by atoms with Gasteiger partial charge < -0.3 is 10.2 Å². The first-order valence-corrected chi connectivity index (χ1v) is 20.4. The number of nitrogens with zero attached hydrogens (tertiary/aromatic N) is 3. The number of pyridine rings is 2. The monoisotopic (exact) mass is 732 g/mol. The number of hydrogen-bond acceptors (Lipinski definition) is 8. The van der Waals surface area contributed by atoms with Gasteiger partial charge in [-0.1, -0.05) is 78.7 Å². The van der Waals surface area contributed by atoms with Gasteiger partial charge in [0, 0.05) is 58.6 Å². The van der Waals surface area contributed by atoms with E-state index in [0.717, 1.165) is 53.0 Å². The number of allylic oxidation sites excluding steroid dienone is 4. The summed E-state index contributed by atoms with van der Waals surface area (Å²) in [5.74, 6) is 1.14. The molecule has 0 fully saturated rings. The van der Waals surface area contributed by atoms with Gasteiger partial charge in [-0.2, -0.15) is 0 Å². The van der Waals surface area contributed by atoms with Gasteiger partial charge in [0.2, 0.25) is 0 Å². The second kappa shape index (κ2) is 11.7. The van der Waals surface area contributed by atoms with Gasteiger partial charge in [0.05, 0.1) is 25.6 Å². The van der Waals surface area contributed by atoms with Gasteiger partial charge in [0.15, 0.2) is 19.7 Å². The molecule has 2 aromatic heterocycles. The Bertz CT molecular complexity index is 2270. The highest BCUT2D eigenvalue weighted by Gasteiger charge is 2.47. The molecular formula is C37H34Cl2N4O4S2. The molecule has 8 nitrogen and oxygen atoms in total. The van der Waals surface area contributed by atoms with E-state index in [1.54, 1.807) is 67.8 Å². The molecule has 0 radical (unpaired) electrons. The highest BCUT2D eigenvalue weighted by atomic mass is 35.5. The lowest BCUT2D eigenvalue weighted by molar-refractivity contribution is 0.488. The maximum absolute atomic E-state index is 13.9. The Balaban J connectivity index is 1.08. The van der Waals surface area contributed by atoms with E-state index in [1.165, 1.54) is 0 Å². The maximum atomic E-state index is 13.9.